The average molecular weight is 185 g/mol. The molecule has 0 aliphatic carbocycles. The number of halogens is 1. The summed E-state index contributed by atoms with van der Waals surface area (Å²) in [6.07, 6.45) is -0.650. The maximum atomic E-state index is 10.1. The van der Waals surface area contributed by atoms with Crippen LogP contribution < -0.4 is 23.9 Å². The van der Waals surface area contributed by atoms with Gasteiger partial charge in [-0.15, -0.1) is 0 Å². The fourth-order valence-electron chi connectivity index (χ4n) is 0.553. The van der Waals surface area contributed by atoms with Crippen LogP contribution in [-0.2, 0) is 4.79 Å². The third-order valence-electron chi connectivity index (χ3n) is 1.20. The maximum Gasteiger partial charge on any atom is 0.323 e. The number of nitrogens with two attached hydrogens (primary N) is 1. The molecule has 0 aliphatic heterocycles. The Bertz CT molecular complexity index is 122. The largest absolute Gasteiger partial charge is 1.00 e. The van der Waals surface area contributed by atoms with Crippen molar-refractivity contribution >= 4 is 5.97 Å². The summed E-state index contributed by atoms with van der Waals surface area (Å²) in [5, 5.41) is 17.2. The fraction of sp³-hybridized carbons (Fsp3) is 0.800. The van der Waals surface area contributed by atoms with Gasteiger partial charge in [-0.05, 0) is 0 Å². The van der Waals surface area contributed by atoms with Crippen LogP contribution in [0.1, 0.15) is 6.42 Å². The molecule has 6 heteroatoms. The Labute approximate surface area is 70.8 Å². The minimum Gasteiger partial charge on any atom is -1.00 e. The van der Waals surface area contributed by atoms with Gasteiger partial charge in [0.2, 0.25) is 0 Å². The van der Waals surface area contributed by atoms with Gasteiger partial charge in [0.25, 0.3) is 0 Å². The molecule has 0 aromatic carbocycles. The molecule has 0 fully saturated rings. The van der Waals surface area contributed by atoms with Crippen molar-refractivity contribution in [1.29, 1.82) is 0 Å². The predicted molar refractivity (Wildman–Crippen MR) is 34.0 cm³/mol. The molecule has 0 aromatic rings. The molecule has 0 radical (unpaired) electrons. The monoisotopic (exact) mass is 184 g/mol. The lowest BCUT2D eigenvalue weighted by molar-refractivity contribution is -0.371. The Morgan fingerprint density at radius 3 is 2.36 bits per heavy atom. The zero-order valence-corrected chi connectivity index (χ0v) is 6.79. The van der Waals surface area contributed by atoms with E-state index in [1.807, 2.05) is 0 Å². The van der Waals surface area contributed by atoms with Crippen molar-refractivity contribution in [3.63, 3.8) is 0 Å². The van der Waals surface area contributed by atoms with E-state index in [1.54, 1.807) is 0 Å². The second-order valence-electron chi connectivity index (χ2n) is 2.07. The number of aliphatic hydroxyl groups excluding tert-OH is 1. The zero-order valence-electron chi connectivity index (χ0n) is 6.03. The van der Waals surface area contributed by atoms with E-state index in [9.17, 15) is 4.79 Å². The number of hydrogen-bond donors (Lipinski definition) is 4. The number of carboxylic acids is 1. The molecule has 0 aromatic heterocycles. The van der Waals surface area contributed by atoms with Crippen LogP contribution in [0.25, 0.3) is 0 Å². The van der Waals surface area contributed by atoms with Gasteiger partial charge in [0.1, 0.15) is 6.04 Å². The quantitative estimate of drug-likeness (QED) is 0.349. The first-order valence-corrected chi connectivity index (χ1v) is 3.05. The third-order valence-corrected chi connectivity index (χ3v) is 1.20. The number of quaternary nitrogens is 1. The predicted octanol–water partition coefficient (Wildman–Crippen LogP) is -5.60. The molecule has 0 saturated carbocycles. The lowest BCUT2D eigenvalue weighted by Crippen LogP contribution is -3.00. The van der Waals surface area contributed by atoms with Crippen molar-refractivity contribution in [2.75, 3.05) is 6.54 Å². The van der Waals surface area contributed by atoms with E-state index in [-0.39, 0.29) is 12.4 Å². The van der Waals surface area contributed by atoms with Gasteiger partial charge in [-0.3, -0.25) is 4.79 Å². The molecule has 0 saturated heterocycles. The van der Waals surface area contributed by atoms with Crippen LogP contribution in [0.3, 0.4) is 0 Å². The smallest absolute Gasteiger partial charge is 0.323 e. The summed E-state index contributed by atoms with van der Waals surface area (Å²) in [4.78, 5) is 10.1. The van der Waals surface area contributed by atoms with Gasteiger partial charge in [-0.25, -0.2) is 0 Å². The molecule has 2 atom stereocenters. The molecule has 0 heterocycles. The summed E-state index contributed by atoms with van der Waals surface area (Å²) in [6, 6.07) is -1.18. The van der Waals surface area contributed by atoms with Crippen molar-refractivity contribution in [3.05, 3.63) is 0 Å². The van der Waals surface area contributed by atoms with Gasteiger partial charge >= 0.3 is 5.97 Å². The van der Waals surface area contributed by atoms with Gasteiger partial charge in [0.15, 0.2) is 0 Å². The second kappa shape index (κ2) is 6.36. The van der Waals surface area contributed by atoms with E-state index in [0.717, 1.165) is 0 Å². The lowest BCUT2D eigenvalue weighted by atomic mass is 10.1. The van der Waals surface area contributed by atoms with Crippen LogP contribution in [0.4, 0.5) is 0 Å². The first-order valence-electron chi connectivity index (χ1n) is 3.05. The minimum absolute atomic E-state index is 0. The van der Waals surface area contributed by atoms with E-state index in [2.05, 4.69) is 5.73 Å². The van der Waals surface area contributed by atoms with Crippen molar-refractivity contribution in [2.45, 2.75) is 18.6 Å². The number of hydrogen-bond acceptors (Lipinski definition) is 3. The van der Waals surface area contributed by atoms with E-state index in [1.165, 1.54) is 0 Å². The molecular weight excluding hydrogens is 172 g/mol. The van der Waals surface area contributed by atoms with E-state index in [4.69, 9.17) is 15.9 Å². The standard InChI is InChI=1S/C5H12N2O3.ClH/c6-2-1-3(8)4(7)5(9)10;/h3-4,8H,1-2,6-7H2,(H,9,10);1H. The highest BCUT2D eigenvalue weighted by molar-refractivity contribution is 5.73. The summed E-state index contributed by atoms with van der Waals surface area (Å²) < 4.78 is 0. The van der Waals surface area contributed by atoms with Crippen LogP contribution in [0.2, 0.25) is 0 Å². The van der Waals surface area contributed by atoms with Gasteiger partial charge in [-0.1, -0.05) is 0 Å². The first kappa shape index (κ1) is 13.2. The minimum atomic E-state index is -1.18. The molecular formula is C5H13ClN2O3. The number of aliphatic hydroxyl groups is 1. The Morgan fingerprint density at radius 1 is 1.64 bits per heavy atom. The summed E-state index contributed by atoms with van der Waals surface area (Å²) >= 11 is 0. The number of rotatable bonds is 4. The molecule has 0 aliphatic rings. The Kier molecular flexibility index (Phi) is 7.65. The van der Waals surface area contributed by atoms with Crippen LogP contribution in [-0.4, -0.2) is 34.9 Å². The average Bonchev–Trinajstić information content (AvgIpc) is 1.87. The highest BCUT2D eigenvalue weighted by Gasteiger charge is 2.21. The normalized spacial score (nSPS) is 14.8. The molecule has 68 valence electrons. The summed E-state index contributed by atoms with van der Waals surface area (Å²) in [5.74, 6) is -1.18. The van der Waals surface area contributed by atoms with Crippen LogP contribution >= 0.6 is 0 Å². The molecule has 0 amide bonds. The van der Waals surface area contributed by atoms with Gasteiger partial charge in [0, 0.05) is 6.42 Å². The summed E-state index contributed by atoms with van der Waals surface area (Å²) in [7, 11) is 0. The Balaban J connectivity index is 0. The zero-order chi connectivity index (χ0) is 8.15. The summed E-state index contributed by atoms with van der Waals surface area (Å²) in [5.41, 5.74) is 8.53. The Hall–Kier alpha value is -0.360. The third kappa shape index (κ3) is 4.97. The van der Waals surface area contributed by atoms with E-state index in [0.29, 0.717) is 13.0 Å². The molecule has 0 rings (SSSR count). The number of carbonyl (C=O) groups is 1. The SMILES string of the molecule is NC(C(=O)O)C(O)CC[NH3+].[Cl-]. The van der Waals surface area contributed by atoms with Crippen LogP contribution in [0.5, 0.6) is 0 Å². The van der Waals surface area contributed by atoms with Crippen molar-refractivity contribution in [1.82, 2.24) is 0 Å². The van der Waals surface area contributed by atoms with Crippen LogP contribution in [0, 0.1) is 0 Å². The first-order chi connectivity index (χ1) is 4.59. The maximum absolute atomic E-state index is 10.1. The van der Waals surface area contributed by atoms with E-state index < -0.39 is 18.1 Å². The molecule has 0 bridgehead atoms. The molecule has 7 N–H and O–H groups in total. The molecule has 5 nitrogen and oxygen atoms in total. The topological polar surface area (TPSA) is 111 Å². The second-order valence-corrected chi connectivity index (χ2v) is 2.07. The highest BCUT2D eigenvalue weighted by Crippen LogP contribution is 1.93. The summed E-state index contributed by atoms with van der Waals surface area (Å²) in [6.45, 7) is 0.488. The van der Waals surface area contributed by atoms with E-state index >= 15 is 0 Å². The van der Waals surface area contributed by atoms with Gasteiger partial charge in [-0.2, -0.15) is 0 Å². The van der Waals surface area contributed by atoms with Gasteiger partial charge in [0.05, 0.1) is 12.6 Å². The van der Waals surface area contributed by atoms with Crippen molar-refractivity contribution < 1.29 is 33.1 Å². The Morgan fingerprint density at radius 2 is 2.09 bits per heavy atom. The van der Waals surface area contributed by atoms with Crippen molar-refractivity contribution in [3.8, 4) is 0 Å². The lowest BCUT2D eigenvalue weighted by Gasteiger charge is -2.11. The number of aliphatic carboxylic acids is 1. The van der Waals surface area contributed by atoms with Crippen LogP contribution in [0.15, 0.2) is 0 Å². The molecule has 11 heavy (non-hydrogen) atoms. The molecule has 2 unspecified atom stereocenters. The number of carboxylic acid groups (broad SMARTS) is 1. The fourth-order valence-corrected chi connectivity index (χ4v) is 0.553. The highest BCUT2D eigenvalue weighted by atomic mass is 35.5. The van der Waals surface area contributed by atoms with Gasteiger partial charge < -0.3 is 34.1 Å². The molecule has 0 spiro atoms. The van der Waals surface area contributed by atoms with Crippen molar-refractivity contribution in [2.24, 2.45) is 5.73 Å².